The lowest BCUT2D eigenvalue weighted by molar-refractivity contribution is 0.669. The molecule has 4 nitrogen and oxygen atoms in total. The molecule has 0 bridgehead atoms. The molecular weight excluding hydrogens is 647 g/mol. The summed E-state index contributed by atoms with van der Waals surface area (Å²) in [6.07, 6.45) is 0. The van der Waals surface area contributed by atoms with Gasteiger partial charge in [-0.25, -0.2) is 15.0 Å². The van der Waals surface area contributed by atoms with Gasteiger partial charge in [-0.3, -0.25) is 0 Å². The second kappa shape index (κ2) is 11.7. The molecule has 9 aromatic carbocycles. The van der Waals surface area contributed by atoms with Crippen LogP contribution in [0.25, 0.3) is 110 Å². The summed E-state index contributed by atoms with van der Waals surface area (Å²) in [7, 11) is 0. The number of benzene rings is 9. The fraction of sp³-hybridized carbons (Fsp3) is 0. The van der Waals surface area contributed by atoms with Crippen LogP contribution in [0, 0.1) is 0 Å². The molecule has 246 valence electrons. The fourth-order valence-electron chi connectivity index (χ4n) is 7.79. The summed E-state index contributed by atoms with van der Waals surface area (Å²) in [5.41, 5.74) is 6.65. The summed E-state index contributed by atoms with van der Waals surface area (Å²) in [5.74, 6) is 1.84. The van der Waals surface area contributed by atoms with Gasteiger partial charge in [-0.15, -0.1) is 0 Å². The maximum absolute atomic E-state index is 6.47. The topological polar surface area (TPSA) is 51.8 Å². The maximum Gasteiger partial charge on any atom is 0.164 e. The van der Waals surface area contributed by atoms with Crippen molar-refractivity contribution in [3.8, 4) is 45.3 Å². The van der Waals surface area contributed by atoms with E-state index in [2.05, 4.69) is 164 Å². The predicted molar refractivity (Wildman–Crippen MR) is 219 cm³/mol. The van der Waals surface area contributed by atoms with Crippen LogP contribution < -0.4 is 0 Å². The number of nitrogens with zero attached hydrogens (tertiary/aromatic N) is 3. The van der Waals surface area contributed by atoms with Crippen LogP contribution in [-0.4, -0.2) is 15.0 Å². The van der Waals surface area contributed by atoms with Crippen LogP contribution >= 0.6 is 0 Å². The van der Waals surface area contributed by atoms with E-state index in [0.717, 1.165) is 55.1 Å². The molecule has 53 heavy (non-hydrogen) atoms. The number of aromatic nitrogens is 3. The van der Waals surface area contributed by atoms with Gasteiger partial charge in [0.1, 0.15) is 11.2 Å². The third kappa shape index (κ3) is 4.95. The number of hydrogen-bond donors (Lipinski definition) is 0. The zero-order valence-electron chi connectivity index (χ0n) is 28.5. The van der Waals surface area contributed by atoms with Gasteiger partial charge in [-0.05, 0) is 90.6 Å². The summed E-state index contributed by atoms with van der Waals surface area (Å²) in [4.78, 5) is 15.6. The van der Waals surface area contributed by atoms with Crippen LogP contribution in [0.3, 0.4) is 0 Å². The number of hydrogen-bond acceptors (Lipinski definition) is 4. The molecule has 0 aliphatic rings. The van der Waals surface area contributed by atoms with Crippen molar-refractivity contribution in [1.82, 2.24) is 15.0 Å². The van der Waals surface area contributed by atoms with E-state index in [-0.39, 0.29) is 0 Å². The van der Waals surface area contributed by atoms with E-state index in [1.54, 1.807) is 0 Å². The van der Waals surface area contributed by atoms with Crippen molar-refractivity contribution in [1.29, 1.82) is 0 Å². The van der Waals surface area contributed by atoms with Gasteiger partial charge >= 0.3 is 0 Å². The minimum Gasteiger partial charge on any atom is -0.456 e. The largest absolute Gasteiger partial charge is 0.456 e. The smallest absolute Gasteiger partial charge is 0.164 e. The average molecular weight is 676 g/mol. The number of furan rings is 1. The van der Waals surface area contributed by atoms with Crippen molar-refractivity contribution in [3.05, 3.63) is 176 Å². The quantitative estimate of drug-likeness (QED) is 0.174. The Morgan fingerprint density at radius 3 is 1.57 bits per heavy atom. The van der Waals surface area contributed by atoms with E-state index in [4.69, 9.17) is 19.4 Å². The van der Waals surface area contributed by atoms with Gasteiger partial charge in [0.15, 0.2) is 17.5 Å². The molecule has 4 heteroatoms. The van der Waals surface area contributed by atoms with Crippen LogP contribution in [0.15, 0.2) is 180 Å². The number of rotatable bonds is 4. The lowest BCUT2D eigenvalue weighted by Gasteiger charge is -2.11. The van der Waals surface area contributed by atoms with Crippen molar-refractivity contribution in [2.45, 2.75) is 0 Å². The Kier molecular flexibility index (Phi) is 6.52. The van der Waals surface area contributed by atoms with Gasteiger partial charge in [-0.2, -0.15) is 0 Å². The first-order valence-corrected chi connectivity index (χ1v) is 17.8. The highest BCUT2D eigenvalue weighted by atomic mass is 16.3. The Balaban J connectivity index is 1.14. The van der Waals surface area contributed by atoms with Crippen molar-refractivity contribution in [2.75, 3.05) is 0 Å². The Bertz CT molecular complexity index is 3250. The van der Waals surface area contributed by atoms with Gasteiger partial charge in [0.05, 0.1) is 0 Å². The highest BCUT2D eigenvalue weighted by Gasteiger charge is 2.19. The molecule has 0 aliphatic carbocycles. The second-order valence-electron chi connectivity index (χ2n) is 13.6. The third-order valence-electron chi connectivity index (χ3n) is 10.5. The minimum atomic E-state index is 0.598. The fourth-order valence-corrected chi connectivity index (χ4v) is 7.79. The van der Waals surface area contributed by atoms with Gasteiger partial charge < -0.3 is 4.42 Å². The molecule has 0 N–H and O–H groups in total. The Hall–Kier alpha value is -7.17. The first kappa shape index (κ1) is 29.5. The van der Waals surface area contributed by atoms with Gasteiger partial charge in [0, 0.05) is 27.5 Å². The molecule has 0 amide bonds. The highest BCUT2D eigenvalue weighted by molar-refractivity contribution is 6.13. The first-order chi connectivity index (χ1) is 26.2. The molecule has 0 atom stereocenters. The lowest BCUT2D eigenvalue weighted by Crippen LogP contribution is -2.00. The monoisotopic (exact) mass is 675 g/mol. The van der Waals surface area contributed by atoms with Gasteiger partial charge in [-0.1, -0.05) is 140 Å². The van der Waals surface area contributed by atoms with Crippen molar-refractivity contribution in [2.24, 2.45) is 0 Å². The molecule has 11 rings (SSSR count). The highest BCUT2D eigenvalue weighted by Crippen LogP contribution is 2.39. The standard InChI is InChI=1S/C49H29N3O/c1-3-11-34-26-36(21-16-30(34)8-1)37-24-25-44-43(28-37)46-41(14-7-15-45(46)53-44)49-51-47(38-22-17-31-9-2-4-12-35(31)27-38)50-48(52-49)39-23-20-33-19-18-32-10-5-6-13-40(32)42(33)29-39/h1-29H. The predicted octanol–water partition coefficient (Wildman–Crippen LogP) is 13.1. The van der Waals surface area contributed by atoms with Crippen LogP contribution in [0.2, 0.25) is 0 Å². The van der Waals surface area contributed by atoms with Gasteiger partial charge in [0.2, 0.25) is 0 Å². The molecule has 2 heterocycles. The molecule has 0 radical (unpaired) electrons. The van der Waals surface area contributed by atoms with Gasteiger partial charge in [0.25, 0.3) is 0 Å². The van der Waals surface area contributed by atoms with E-state index in [1.165, 1.54) is 37.7 Å². The first-order valence-electron chi connectivity index (χ1n) is 17.8. The van der Waals surface area contributed by atoms with E-state index < -0.39 is 0 Å². The molecule has 2 aromatic heterocycles. The van der Waals surface area contributed by atoms with E-state index >= 15 is 0 Å². The summed E-state index contributed by atoms with van der Waals surface area (Å²) >= 11 is 0. The van der Waals surface area contributed by atoms with E-state index in [9.17, 15) is 0 Å². The zero-order valence-corrected chi connectivity index (χ0v) is 28.5. The Labute approximate surface area is 304 Å². The summed E-state index contributed by atoms with van der Waals surface area (Å²) in [6.45, 7) is 0. The van der Waals surface area contributed by atoms with Crippen LogP contribution in [0.1, 0.15) is 0 Å². The number of fused-ring (bicyclic) bond motifs is 8. The van der Waals surface area contributed by atoms with E-state index in [0.29, 0.717) is 17.5 Å². The van der Waals surface area contributed by atoms with Crippen molar-refractivity contribution >= 4 is 65.0 Å². The molecule has 0 spiro atoms. The van der Waals surface area contributed by atoms with Crippen molar-refractivity contribution < 1.29 is 4.42 Å². The van der Waals surface area contributed by atoms with E-state index in [1.807, 2.05) is 12.1 Å². The Morgan fingerprint density at radius 1 is 0.302 bits per heavy atom. The van der Waals surface area contributed by atoms with Crippen LogP contribution in [0.5, 0.6) is 0 Å². The molecule has 0 saturated heterocycles. The summed E-state index contributed by atoms with van der Waals surface area (Å²) in [5, 5.41) is 11.5. The average Bonchev–Trinajstić information content (AvgIpc) is 3.61. The van der Waals surface area contributed by atoms with Crippen LogP contribution in [0.4, 0.5) is 0 Å². The molecule has 0 aliphatic heterocycles. The Morgan fingerprint density at radius 2 is 0.811 bits per heavy atom. The lowest BCUT2D eigenvalue weighted by atomic mass is 9.98. The van der Waals surface area contributed by atoms with Crippen molar-refractivity contribution in [3.63, 3.8) is 0 Å². The minimum absolute atomic E-state index is 0.598. The molecule has 0 fully saturated rings. The normalized spacial score (nSPS) is 11.8. The maximum atomic E-state index is 6.47. The summed E-state index contributed by atoms with van der Waals surface area (Å²) in [6, 6.07) is 61.8. The molecular formula is C49H29N3O. The SMILES string of the molecule is c1ccc2cc(-c3ccc4oc5cccc(-c6nc(-c7ccc8ccccc8c7)nc(-c7ccc8ccc9ccccc9c8c7)n6)c5c4c3)ccc2c1. The second-order valence-corrected chi connectivity index (χ2v) is 13.6. The zero-order chi connectivity index (χ0) is 34.9. The van der Waals surface area contributed by atoms with Crippen LogP contribution in [-0.2, 0) is 0 Å². The summed E-state index contributed by atoms with van der Waals surface area (Å²) < 4.78 is 6.47. The molecule has 11 aromatic rings. The molecule has 0 saturated carbocycles. The molecule has 0 unspecified atom stereocenters. The third-order valence-corrected chi connectivity index (χ3v) is 10.5.